The third-order valence-corrected chi connectivity index (χ3v) is 5.60. The van der Waals surface area contributed by atoms with Crippen molar-refractivity contribution in [1.29, 1.82) is 0 Å². The Balaban J connectivity index is 1.92. The van der Waals surface area contributed by atoms with Crippen LogP contribution in [0.2, 0.25) is 10.0 Å². The Bertz CT molecular complexity index is 1010. The van der Waals surface area contributed by atoms with Crippen molar-refractivity contribution in [3.8, 4) is 11.5 Å². The predicted octanol–water partition coefficient (Wildman–Crippen LogP) is 3.55. The number of esters is 1. The second kappa shape index (κ2) is 10.5. The second-order valence-electron chi connectivity index (χ2n) is 5.54. The number of methoxy groups -OCH3 is 1. The van der Waals surface area contributed by atoms with Gasteiger partial charge in [-0.3, -0.25) is 0 Å². The van der Waals surface area contributed by atoms with Gasteiger partial charge in [0.15, 0.2) is 0 Å². The van der Waals surface area contributed by atoms with Gasteiger partial charge in [0.25, 0.3) is 0 Å². The summed E-state index contributed by atoms with van der Waals surface area (Å²) in [6.07, 6.45) is 2.63. The third kappa shape index (κ3) is 6.64. The minimum absolute atomic E-state index is 0.00409. The third-order valence-electron chi connectivity index (χ3n) is 3.64. The molecule has 7 nitrogen and oxygen atoms in total. The van der Waals surface area contributed by atoms with Crippen molar-refractivity contribution >= 4 is 45.3 Å². The monoisotopic (exact) mass is 459 g/mol. The normalized spacial score (nSPS) is 11.4. The van der Waals surface area contributed by atoms with Gasteiger partial charge in [0.2, 0.25) is 10.0 Å². The number of halogens is 2. The number of hydrogen-bond donors (Lipinski definition) is 1. The summed E-state index contributed by atoms with van der Waals surface area (Å²) in [5, 5.41) is 0.846. The lowest BCUT2D eigenvalue weighted by Gasteiger charge is -2.09. The van der Waals surface area contributed by atoms with Gasteiger partial charge in [-0.2, -0.15) is 0 Å². The van der Waals surface area contributed by atoms with Crippen molar-refractivity contribution in [1.82, 2.24) is 4.72 Å². The first-order valence-electron chi connectivity index (χ1n) is 8.31. The Morgan fingerprint density at radius 3 is 2.48 bits per heavy atom. The maximum absolute atomic E-state index is 12.1. The van der Waals surface area contributed by atoms with E-state index in [4.69, 9.17) is 37.4 Å². The fraction of sp³-hybridized carbons (Fsp3) is 0.211. The molecule has 0 aliphatic carbocycles. The molecule has 0 amide bonds. The molecule has 2 aromatic rings. The Labute approximate surface area is 179 Å². The van der Waals surface area contributed by atoms with Gasteiger partial charge in [0.05, 0.1) is 12.1 Å². The van der Waals surface area contributed by atoms with Crippen molar-refractivity contribution in [2.75, 3.05) is 27.4 Å². The highest BCUT2D eigenvalue weighted by molar-refractivity contribution is 7.89. The molecule has 0 aliphatic heterocycles. The molecule has 0 bridgehead atoms. The number of benzene rings is 2. The summed E-state index contributed by atoms with van der Waals surface area (Å²) in [5.74, 6) is 0.0147. The van der Waals surface area contributed by atoms with Crippen LogP contribution in [0.25, 0.3) is 6.08 Å². The second-order valence-corrected chi connectivity index (χ2v) is 8.24. The molecule has 0 spiro atoms. The Morgan fingerprint density at radius 1 is 1.10 bits per heavy atom. The number of rotatable bonds is 9. The summed E-state index contributed by atoms with van der Waals surface area (Å²) in [7, 11) is -1.04. The Kier molecular flexibility index (Phi) is 8.33. The molecule has 0 radical (unpaired) electrons. The Morgan fingerprint density at radius 2 is 1.83 bits per heavy atom. The van der Waals surface area contributed by atoms with Crippen LogP contribution in [0.4, 0.5) is 0 Å². The number of carbonyl (C=O) groups excluding carboxylic acids is 1. The molecule has 156 valence electrons. The molecule has 1 N–H and O–H groups in total. The first-order chi connectivity index (χ1) is 13.8. The average molecular weight is 460 g/mol. The smallest absolute Gasteiger partial charge is 0.330 e. The van der Waals surface area contributed by atoms with Gasteiger partial charge in [0.1, 0.15) is 29.6 Å². The molecule has 0 heterocycles. The van der Waals surface area contributed by atoms with Gasteiger partial charge in [-0.1, -0.05) is 29.3 Å². The first kappa shape index (κ1) is 23.0. The quantitative estimate of drug-likeness (QED) is 0.350. The molecule has 0 saturated heterocycles. The van der Waals surface area contributed by atoms with Crippen LogP contribution in [0, 0.1) is 0 Å². The molecule has 0 unspecified atom stereocenters. The van der Waals surface area contributed by atoms with Crippen molar-refractivity contribution in [2.24, 2.45) is 0 Å². The van der Waals surface area contributed by atoms with Crippen molar-refractivity contribution in [2.45, 2.75) is 4.90 Å². The summed E-state index contributed by atoms with van der Waals surface area (Å²) >= 11 is 11.8. The highest BCUT2D eigenvalue weighted by atomic mass is 35.5. The zero-order chi connectivity index (χ0) is 21.4. The fourth-order valence-corrected chi connectivity index (χ4v) is 3.61. The maximum Gasteiger partial charge on any atom is 0.330 e. The van der Waals surface area contributed by atoms with Gasteiger partial charge in [0, 0.05) is 11.1 Å². The highest BCUT2D eigenvalue weighted by Crippen LogP contribution is 2.27. The van der Waals surface area contributed by atoms with E-state index >= 15 is 0 Å². The zero-order valence-corrected chi connectivity index (χ0v) is 18.0. The van der Waals surface area contributed by atoms with E-state index in [-0.39, 0.29) is 23.9 Å². The van der Waals surface area contributed by atoms with E-state index in [0.29, 0.717) is 21.4 Å². The first-order valence-corrected chi connectivity index (χ1v) is 10.5. The largest absolute Gasteiger partial charge is 0.495 e. The van der Waals surface area contributed by atoms with Gasteiger partial charge < -0.3 is 14.2 Å². The van der Waals surface area contributed by atoms with E-state index in [2.05, 4.69) is 4.72 Å². The molecule has 2 rings (SSSR count). The van der Waals surface area contributed by atoms with Gasteiger partial charge in [-0.05, 0) is 49.0 Å². The molecular weight excluding hydrogens is 441 g/mol. The lowest BCUT2D eigenvalue weighted by molar-refractivity contribution is -0.138. The van der Waals surface area contributed by atoms with Gasteiger partial charge in [-0.25, -0.2) is 17.9 Å². The van der Waals surface area contributed by atoms with Crippen LogP contribution >= 0.6 is 23.2 Å². The van der Waals surface area contributed by atoms with Crippen LogP contribution in [0.15, 0.2) is 47.4 Å². The highest BCUT2D eigenvalue weighted by Gasteiger charge is 2.17. The fourth-order valence-electron chi connectivity index (χ4n) is 2.22. The van der Waals surface area contributed by atoms with Crippen LogP contribution in [0.1, 0.15) is 5.56 Å². The summed E-state index contributed by atoms with van der Waals surface area (Å²) in [5.41, 5.74) is 0.487. The van der Waals surface area contributed by atoms with Gasteiger partial charge >= 0.3 is 5.97 Å². The van der Waals surface area contributed by atoms with Gasteiger partial charge in [-0.15, -0.1) is 0 Å². The standard InChI is InChI=1S/C19H19Cl2NO6S/c1-22-29(24,25)18-11-13(3-6-17(18)26-2)4-8-19(23)28-10-9-27-16-7-5-14(20)12-15(16)21/h3-8,11-12,22H,9-10H2,1-2H3/b8-4+. The van der Waals surface area contributed by atoms with Crippen molar-refractivity contribution in [3.63, 3.8) is 0 Å². The molecule has 0 aliphatic rings. The molecule has 0 atom stereocenters. The lowest BCUT2D eigenvalue weighted by atomic mass is 10.2. The topological polar surface area (TPSA) is 90.9 Å². The molecule has 10 heteroatoms. The minimum Gasteiger partial charge on any atom is -0.495 e. The van der Waals surface area contributed by atoms with E-state index in [0.717, 1.165) is 0 Å². The van der Waals surface area contributed by atoms with Crippen LogP contribution < -0.4 is 14.2 Å². The summed E-state index contributed by atoms with van der Waals surface area (Å²) in [6.45, 7) is 0.109. The average Bonchev–Trinajstić information content (AvgIpc) is 2.70. The molecular formula is C19H19Cl2NO6S. The lowest BCUT2D eigenvalue weighted by Crippen LogP contribution is -2.19. The van der Waals surface area contributed by atoms with Crippen LogP contribution in [0.3, 0.4) is 0 Å². The molecule has 0 saturated carbocycles. The molecule has 2 aromatic carbocycles. The van der Waals surface area contributed by atoms with E-state index < -0.39 is 16.0 Å². The van der Waals surface area contributed by atoms with Crippen molar-refractivity contribution < 1.29 is 27.4 Å². The number of nitrogens with one attached hydrogen (secondary N) is 1. The van der Waals surface area contributed by atoms with E-state index in [1.807, 2.05) is 0 Å². The number of carbonyl (C=O) groups is 1. The van der Waals surface area contributed by atoms with E-state index in [1.165, 1.54) is 38.4 Å². The summed E-state index contributed by atoms with van der Waals surface area (Å²) < 4.78 is 41.9. The van der Waals surface area contributed by atoms with Crippen LogP contribution in [-0.4, -0.2) is 41.8 Å². The number of ether oxygens (including phenoxy) is 3. The molecule has 0 aromatic heterocycles. The van der Waals surface area contributed by atoms with Crippen LogP contribution in [-0.2, 0) is 19.6 Å². The summed E-state index contributed by atoms with van der Waals surface area (Å²) in [6, 6.07) is 9.30. The zero-order valence-electron chi connectivity index (χ0n) is 15.6. The maximum atomic E-state index is 12.1. The minimum atomic E-state index is -3.71. The predicted molar refractivity (Wildman–Crippen MR) is 111 cm³/mol. The van der Waals surface area contributed by atoms with Crippen LogP contribution in [0.5, 0.6) is 11.5 Å². The SMILES string of the molecule is CNS(=O)(=O)c1cc(/C=C/C(=O)OCCOc2ccc(Cl)cc2Cl)ccc1OC. The van der Waals surface area contributed by atoms with Crippen molar-refractivity contribution in [3.05, 3.63) is 58.1 Å². The van der Waals surface area contributed by atoms with E-state index in [1.54, 1.807) is 24.3 Å². The number of hydrogen-bond acceptors (Lipinski definition) is 6. The summed E-state index contributed by atoms with van der Waals surface area (Å²) in [4.78, 5) is 11.8. The van der Waals surface area contributed by atoms with E-state index in [9.17, 15) is 13.2 Å². The molecule has 0 fully saturated rings. The number of sulfonamides is 1. The Hall–Kier alpha value is -2.26. The molecule has 29 heavy (non-hydrogen) atoms.